The van der Waals surface area contributed by atoms with E-state index in [2.05, 4.69) is 24.0 Å². The molecule has 0 unspecified atom stereocenters. The Morgan fingerprint density at radius 3 is 2.59 bits per heavy atom. The molecule has 1 aliphatic rings. The van der Waals surface area contributed by atoms with E-state index in [4.69, 9.17) is 9.47 Å². The Hall–Kier alpha value is -0.940. The molecule has 124 valence electrons. The van der Waals surface area contributed by atoms with Gasteiger partial charge >= 0.3 is 0 Å². The number of nitrogens with zero attached hydrogens (tertiary/aromatic N) is 1. The first-order valence-corrected chi connectivity index (χ1v) is 8.08. The summed E-state index contributed by atoms with van der Waals surface area (Å²) in [7, 11) is 0. The molecule has 1 heterocycles. The number of β-amino-alcohol motifs (C(OH)–C–C–N with tert-alkyl or cyclic N) is 1. The second-order valence-electron chi connectivity index (χ2n) is 7.14. The van der Waals surface area contributed by atoms with Crippen LogP contribution in [0.4, 0.5) is 0 Å². The minimum Gasteiger partial charge on any atom is -0.389 e. The van der Waals surface area contributed by atoms with Crippen LogP contribution in [0.15, 0.2) is 30.3 Å². The Balaban J connectivity index is 1.88. The highest BCUT2D eigenvalue weighted by atomic mass is 16.5. The van der Waals surface area contributed by atoms with Gasteiger partial charge in [-0.25, -0.2) is 0 Å². The molecule has 3 atom stereocenters. The lowest BCUT2D eigenvalue weighted by molar-refractivity contribution is -0.0999. The van der Waals surface area contributed by atoms with Gasteiger partial charge in [0.2, 0.25) is 0 Å². The average molecular weight is 307 g/mol. The first-order valence-electron chi connectivity index (χ1n) is 8.08. The zero-order chi connectivity index (χ0) is 16.2. The predicted molar refractivity (Wildman–Crippen MR) is 87.9 cm³/mol. The van der Waals surface area contributed by atoms with Crippen molar-refractivity contribution in [2.24, 2.45) is 0 Å². The summed E-state index contributed by atoms with van der Waals surface area (Å²) in [6.07, 6.45) is -0.240. The van der Waals surface area contributed by atoms with Crippen molar-refractivity contribution >= 4 is 0 Å². The zero-order valence-electron chi connectivity index (χ0n) is 14.2. The normalized spacial score (nSPS) is 25.1. The van der Waals surface area contributed by atoms with Gasteiger partial charge in [0, 0.05) is 19.6 Å². The van der Waals surface area contributed by atoms with E-state index in [1.165, 1.54) is 5.56 Å². The third-order valence-corrected chi connectivity index (χ3v) is 3.68. The molecule has 0 amide bonds. The van der Waals surface area contributed by atoms with Crippen LogP contribution in [-0.2, 0) is 9.47 Å². The van der Waals surface area contributed by atoms with Gasteiger partial charge in [0.1, 0.15) is 0 Å². The number of aliphatic hydroxyl groups is 1. The third-order valence-electron chi connectivity index (χ3n) is 3.68. The van der Waals surface area contributed by atoms with Crippen LogP contribution in [0.3, 0.4) is 0 Å². The molecule has 0 saturated carbocycles. The number of ether oxygens (including phenoxy) is 2. The van der Waals surface area contributed by atoms with Crippen molar-refractivity contribution in [3.8, 4) is 0 Å². The Bertz CT molecular complexity index is 443. The van der Waals surface area contributed by atoms with Crippen LogP contribution in [0.2, 0.25) is 0 Å². The van der Waals surface area contributed by atoms with Crippen molar-refractivity contribution in [1.82, 2.24) is 4.90 Å². The average Bonchev–Trinajstić information content (AvgIpc) is 2.45. The number of hydrogen-bond donors (Lipinski definition) is 1. The minimum absolute atomic E-state index is 0.0701. The highest BCUT2D eigenvalue weighted by molar-refractivity contribution is 5.18. The van der Waals surface area contributed by atoms with E-state index in [0.717, 1.165) is 13.1 Å². The molecule has 22 heavy (non-hydrogen) atoms. The van der Waals surface area contributed by atoms with Gasteiger partial charge in [-0.2, -0.15) is 0 Å². The molecule has 1 aromatic rings. The van der Waals surface area contributed by atoms with Crippen molar-refractivity contribution in [2.45, 2.75) is 51.6 Å². The monoisotopic (exact) mass is 307 g/mol. The molecule has 1 aliphatic heterocycles. The summed E-state index contributed by atoms with van der Waals surface area (Å²) in [5, 5.41) is 10.2. The second kappa shape index (κ2) is 7.55. The van der Waals surface area contributed by atoms with Gasteiger partial charge in [-0.15, -0.1) is 0 Å². The van der Waals surface area contributed by atoms with Crippen LogP contribution in [0.25, 0.3) is 0 Å². The molecule has 1 aromatic carbocycles. The van der Waals surface area contributed by atoms with E-state index >= 15 is 0 Å². The summed E-state index contributed by atoms with van der Waals surface area (Å²) in [5.74, 6) is 0. The van der Waals surface area contributed by atoms with Crippen molar-refractivity contribution in [3.05, 3.63) is 35.9 Å². The molecule has 1 N–H and O–H groups in total. The maximum Gasteiger partial charge on any atom is 0.0956 e. The molecule has 1 saturated heterocycles. The van der Waals surface area contributed by atoms with Gasteiger partial charge in [-0.05, 0) is 33.3 Å². The molecular formula is C18H29NO3. The van der Waals surface area contributed by atoms with E-state index in [1.54, 1.807) is 0 Å². The molecule has 4 nitrogen and oxygen atoms in total. The number of aliphatic hydroxyl groups excluding tert-OH is 1. The molecule has 2 rings (SSSR count). The van der Waals surface area contributed by atoms with Crippen LogP contribution >= 0.6 is 0 Å². The topological polar surface area (TPSA) is 41.9 Å². The lowest BCUT2D eigenvalue weighted by atomic mass is 10.1. The number of benzene rings is 1. The molecular weight excluding hydrogens is 278 g/mol. The van der Waals surface area contributed by atoms with E-state index in [9.17, 15) is 5.11 Å². The SMILES string of the molecule is C[C@@H]1CN(C[C@H](O)COC(C)(C)C)C[C@@H](c2ccccc2)O1. The first kappa shape index (κ1) is 17.4. The Morgan fingerprint density at radius 1 is 1.27 bits per heavy atom. The third kappa shape index (κ3) is 5.69. The van der Waals surface area contributed by atoms with E-state index in [1.807, 2.05) is 39.0 Å². The maximum atomic E-state index is 10.2. The smallest absolute Gasteiger partial charge is 0.0956 e. The van der Waals surface area contributed by atoms with Crippen LogP contribution in [0.5, 0.6) is 0 Å². The largest absolute Gasteiger partial charge is 0.389 e. The molecule has 0 spiro atoms. The fourth-order valence-corrected chi connectivity index (χ4v) is 2.74. The van der Waals surface area contributed by atoms with Crippen molar-refractivity contribution in [2.75, 3.05) is 26.2 Å². The van der Waals surface area contributed by atoms with E-state index in [-0.39, 0.29) is 17.8 Å². The fourth-order valence-electron chi connectivity index (χ4n) is 2.74. The molecule has 0 aliphatic carbocycles. The highest BCUT2D eigenvalue weighted by Gasteiger charge is 2.27. The van der Waals surface area contributed by atoms with Gasteiger partial charge in [-0.3, -0.25) is 4.90 Å². The van der Waals surface area contributed by atoms with Crippen LogP contribution in [0, 0.1) is 0 Å². The van der Waals surface area contributed by atoms with Gasteiger partial charge in [0.05, 0.1) is 30.5 Å². The van der Waals surface area contributed by atoms with Crippen molar-refractivity contribution in [3.63, 3.8) is 0 Å². The summed E-state index contributed by atoms with van der Waals surface area (Å²) in [4.78, 5) is 2.27. The summed E-state index contributed by atoms with van der Waals surface area (Å²) < 4.78 is 11.7. The molecule has 0 aromatic heterocycles. The maximum absolute atomic E-state index is 10.2. The molecule has 0 bridgehead atoms. The lowest BCUT2D eigenvalue weighted by Gasteiger charge is -2.38. The quantitative estimate of drug-likeness (QED) is 0.908. The van der Waals surface area contributed by atoms with E-state index in [0.29, 0.717) is 13.2 Å². The zero-order valence-corrected chi connectivity index (χ0v) is 14.2. The Kier molecular flexibility index (Phi) is 5.98. The van der Waals surface area contributed by atoms with Crippen molar-refractivity contribution in [1.29, 1.82) is 0 Å². The molecule has 1 fully saturated rings. The van der Waals surface area contributed by atoms with Gasteiger partial charge in [0.15, 0.2) is 0 Å². The minimum atomic E-state index is -0.471. The van der Waals surface area contributed by atoms with Gasteiger partial charge in [-0.1, -0.05) is 30.3 Å². The number of hydrogen-bond acceptors (Lipinski definition) is 4. The standard InChI is InChI=1S/C18H29NO3/c1-14-10-19(11-16(20)13-21-18(2,3)4)12-17(22-14)15-8-6-5-7-9-15/h5-9,14,16-17,20H,10-13H2,1-4H3/t14-,16+,17+/m1/s1. The predicted octanol–water partition coefficient (Wildman–Crippen LogP) is 2.62. The van der Waals surface area contributed by atoms with E-state index < -0.39 is 6.10 Å². The van der Waals surface area contributed by atoms with Crippen LogP contribution < -0.4 is 0 Å². The Labute approximate surface area is 134 Å². The lowest BCUT2D eigenvalue weighted by Crippen LogP contribution is -2.47. The van der Waals surface area contributed by atoms with Crippen molar-refractivity contribution < 1.29 is 14.6 Å². The molecule has 4 heteroatoms. The first-order chi connectivity index (χ1) is 10.3. The number of morpholine rings is 1. The van der Waals surface area contributed by atoms with Gasteiger partial charge < -0.3 is 14.6 Å². The molecule has 0 radical (unpaired) electrons. The number of rotatable bonds is 5. The Morgan fingerprint density at radius 2 is 1.95 bits per heavy atom. The summed E-state index contributed by atoms with van der Waals surface area (Å²) in [6, 6.07) is 10.3. The van der Waals surface area contributed by atoms with Crippen LogP contribution in [-0.4, -0.2) is 54.1 Å². The highest BCUT2D eigenvalue weighted by Crippen LogP contribution is 2.25. The summed E-state index contributed by atoms with van der Waals surface area (Å²) >= 11 is 0. The summed E-state index contributed by atoms with van der Waals surface area (Å²) in [6.45, 7) is 10.7. The fraction of sp³-hybridized carbons (Fsp3) is 0.667. The second-order valence-corrected chi connectivity index (χ2v) is 7.14. The summed E-state index contributed by atoms with van der Waals surface area (Å²) in [5.41, 5.74) is 0.978. The van der Waals surface area contributed by atoms with Crippen LogP contribution in [0.1, 0.15) is 39.4 Å². The van der Waals surface area contributed by atoms with Gasteiger partial charge in [0.25, 0.3) is 0 Å².